The van der Waals surface area contributed by atoms with Crippen molar-refractivity contribution in [2.45, 2.75) is 32.7 Å². The molecule has 0 aliphatic heterocycles. The Morgan fingerprint density at radius 1 is 0.976 bits per heavy atom. The minimum absolute atomic E-state index is 0.0901. The van der Waals surface area contributed by atoms with Crippen LogP contribution in [0, 0.1) is 18.3 Å². The third-order valence-corrected chi connectivity index (χ3v) is 6.86. The Kier molecular flexibility index (Phi) is 9.94. The number of hydrogen-bond donors (Lipinski definition) is 4. The van der Waals surface area contributed by atoms with Crippen LogP contribution < -0.4 is 20.1 Å². The van der Waals surface area contributed by atoms with Gasteiger partial charge in [0.05, 0.1) is 30.9 Å². The number of benzene rings is 4. The van der Waals surface area contributed by atoms with Crippen molar-refractivity contribution in [2.24, 2.45) is 0 Å². The molecule has 1 atom stereocenters. The van der Waals surface area contributed by atoms with Gasteiger partial charge in [0, 0.05) is 30.9 Å². The van der Waals surface area contributed by atoms with Crippen molar-refractivity contribution in [1.82, 2.24) is 5.32 Å². The lowest BCUT2D eigenvalue weighted by Crippen LogP contribution is -2.39. The van der Waals surface area contributed by atoms with E-state index in [-0.39, 0.29) is 13.2 Å². The second kappa shape index (κ2) is 14.0. The maximum Gasteiger partial charge on any atom is 0.323 e. The van der Waals surface area contributed by atoms with Gasteiger partial charge >= 0.3 is 5.97 Å². The molecule has 0 heterocycles. The molecule has 0 saturated carbocycles. The highest BCUT2D eigenvalue weighted by atomic mass is 16.5. The molecule has 0 aliphatic rings. The monoisotopic (exact) mass is 551 g/mol. The summed E-state index contributed by atoms with van der Waals surface area (Å²) in [6, 6.07) is 28.3. The standard InChI is InChI=1S/C33H33N3O5/c1-22-26(12-7-13-28(22)25-10-4-3-5-11-25)18-35-27-15-31(40-2)29(19-36-30(20-37)33(38)39)32(16-27)41-21-24-9-6-8-23(14-24)17-34/h3-16,30,35-37H,18-21H2,1-2H3,(H,38,39). The second-order valence-electron chi connectivity index (χ2n) is 9.52. The van der Waals surface area contributed by atoms with Crippen LogP contribution in [0.15, 0.2) is 84.9 Å². The molecule has 4 rings (SSSR count). The third kappa shape index (κ3) is 7.42. The Bertz CT molecular complexity index is 1530. The minimum atomic E-state index is -1.16. The first-order valence-electron chi connectivity index (χ1n) is 13.2. The summed E-state index contributed by atoms with van der Waals surface area (Å²) >= 11 is 0. The number of carbonyl (C=O) groups is 1. The van der Waals surface area contributed by atoms with Gasteiger partial charge in [0.1, 0.15) is 24.1 Å². The van der Waals surface area contributed by atoms with Crippen molar-refractivity contribution in [3.8, 4) is 28.7 Å². The molecule has 0 aromatic heterocycles. The number of aliphatic hydroxyl groups excluding tert-OH is 1. The zero-order chi connectivity index (χ0) is 29.2. The van der Waals surface area contributed by atoms with Crippen LogP contribution in [0.3, 0.4) is 0 Å². The highest BCUT2D eigenvalue weighted by Crippen LogP contribution is 2.34. The maximum absolute atomic E-state index is 11.5. The average molecular weight is 552 g/mol. The van der Waals surface area contributed by atoms with Gasteiger partial charge in [-0.3, -0.25) is 10.1 Å². The summed E-state index contributed by atoms with van der Waals surface area (Å²) < 4.78 is 11.9. The number of rotatable bonds is 13. The molecule has 0 spiro atoms. The van der Waals surface area contributed by atoms with Crippen molar-refractivity contribution < 1.29 is 24.5 Å². The lowest BCUT2D eigenvalue weighted by atomic mass is 9.96. The van der Waals surface area contributed by atoms with Gasteiger partial charge in [-0.1, -0.05) is 60.7 Å². The summed E-state index contributed by atoms with van der Waals surface area (Å²) in [6.07, 6.45) is 0. The van der Waals surface area contributed by atoms with Crippen LogP contribution in [0.4, 0.5) is 5.69 Å². The number of methoxy groups -OCH3 is 1. The Morgan fingerprint density at radius 2 is 1.73 bits per heavy atom. The zero-order valence-corrected chi connectivity index (χ0v) is 23.1. The number of nitriles is 1. The summed E-state index contributed by atoms with van der Waals surface area (Å²) in [7, 11) is 1.54. The summed E-state index contributed by atoms with van der Waals surface area (Å²) in [5.41, 5.74) is 7.35. The molecule has 0 amide bonds. The van der Waals surface area contributed by atoms with E-state index in [0.717, 1.165) is 22.4 Å². The summed E-state index contributed by atoms with van der Waals surface area (Å²) in [5, 5.41) is 34.4. The number of aliphatic carboxylic acids is 1. The van der Waals surface area contributed by atoms with Crippen LogP contribution in [0.5, 0.6) is 11.5 Å². The molecule has 4 aromatic rings. The smallest absolute Gasteiger partial charge is 0.323 e. The van der Waals surface area contributed by atoms with Gasteiger partial charge in [-0.15, -0.1) is 0 Å². The van der Waals surface area contributed by atoms with Gasteiger partial charge in [0.25, 0.3) is 0 Å². The highest BCUT2D eigenvalue weighted by molar-refractivity contribution is 5.73. The van der Waals surface area contributed by atoms with E-state index in [1.54, 1.807) is 18.2 Å². The van der Waals surface area contributed by atoms with Crippen LogP contribution in [0.25, 0.3) is 11.1 Å². The fraction of sp³-hybridized carbons (Fsp3) is 0.212. The van der Waals surface area contributed by atoms with Crippen LogP contribution in [-0.2, 0) is 24.5 Å². The van der Waals surface area contributed by atoms with Gasteiger partial charge in [0.15, 0.2) is 0 Å². The fourth-order valence-electron chi connectivity index (χ4n) is 4.56. The predicted molar refractivity (Wildman–Crippen MR) is 158 cm³/mol. The number of nitrogens with zero attached hydrogens (tertiary/aromatic N) is 1. The molecule has 1 unspecified atom stereocenters. The van der Waals surface area contributed by atoms with Crippen LogP contribution >= 0.6 is 0 Å². The van der Waals surface area contributed by atoms with Crippen LogP contribution in [0.2, 0.25) is 0 Å². The van der Waals surface area contributed by atoms with E-state index in [9.17, 15) is 20.3 Å². The molecule has 0 aliphatic carbocycles. The Morgan fingerprint density at radius 3 is 2.44 bits per heavy atom. The fourth-order valence-corrected chi connectivity index (χ4v) is 4.56. The molecule has 0 bridgehead atoms. The lowest BCUT2D eigenvalue weighted by Gasteiger charge is -2.20. The van der Waals surface area contributed by atoms with E-state index in [1.165, 1.54) is 18.2 Å². The van der Waals surface area contributed by atoms with E-state index in [2.05, 4.69) is 47.9 Å². The number of carboxylic acids is 1. The molecule has 8 heteroatoms. The van der Waals surface area contributed by atoms with Crippen molar-refractivity contribution in [1.29, 1.82) is 5.26 Å². The van der Waals surface area contributed by atoms with Gasteiger partial charge < -0.3 is 25.0 Å². The lowest BCUT2D eigenvalue weighted by molar-refractivity contribution is -0.140. The number of nitrogens with one attached hydrogen (secondary N) is 2. The quantitative estimate of drug-likeness (QED) is 0.177. The number of hydrogen-bond acceptors (Lipinski definition) is 7. The molecule has 210 valence electrons. The normalized spacial score (nSPS) is 11.4. The number of carboxylic acid groups (broad SMARTS) is 1. The maximum atomic E-state index is 11.5. The number of anilines is 1. The zero-order valence-electron chi connectivity index (χ0n) is 23.1. The Labute approximate surface area is 239 Å². The van der Waals surface area contributed by atoms with E-state index < -0.39 is 18.6 Å². The minimum Gasteiger partial charge on any atom is -0.496 e. The molecule has 4 aromatic carbocycles. The second-order valence-corrected chi connectivity index (χ2v) is 9.52. The number of aliphatic hydroxyl groups is 1. The van der Waals surface area contributed by atoms with Gasteiger partial charge in [-0.05, 0) is 46.9 Å². The molecule has 0 saturated heterocycles. The molecule has 0 fully saturated rings. The third-order valence-electron chi connectivity index (χ3n) is 6.86. The molecule has 41 heavy (non-hydrogen) atoms. The number of ether oxygens (including phenoxy) is 2. The van der Waals surface area contributed by atoms with Crippen molar-refractivity contribution in [3.05, 3.63) is 113 Å². The van der Waals surface area contributed by atoms with Gasteiger partial charge in [0.2, 0.25) is 0 Å². The SMILES string of the molecule is COc1cc(NCc2cccc(-c3ccccc3)c2C)cc(OCc2cccc(C#N)c2)c1CNC(CO)C(=O)O. The molecular formula is C33H33N3O5. The Hall–Kier alpha value is -4.84. The first-order valence-corrected chi connectivity index (χ1v) is 13.2. The first kappa shape index (κ1) is 29.2. The van der Waals surface area contributed by atoms with Gasteiger partial charge in [-0.2, -0.15) is 5.26 Å². The van der Waals surface area contributed by atoms with E-state index in [1.807, 2.05) is 42.5 Å². The van der Waals surface area contributed by atoms with Crippen molar-refractivity contribution in [3.63, 3.8) is 0 Å². The van der Waals surface area contributed by atoms with E-state index >= 15 is 0 Å². The predicted octanol–water partition coefficient (Wildman–Crippen LogP) is 5.27. The highest BCUT2D eigenvalue weighted by Gasteiger charge is 2.19. The summed E-state index contributed by atoms with van der Waals surface area (Å²) in [6.45, 7) is 2.39. The van der Waals surface area contributed by atoms with Crippen LogP contribution in [0.1, 0.15) is 27.8 Å². The molecular weight excluding hydrogens is 518 g/mol. The Balaban J connectivity index is 1.61. The molecule has 4 N–H and O–H groups in total. The summed E-state index contributed by atoms with van der Waals surface area (Å²) in [5.74, 6) is -0.174. The van der Waals surface area contributed by atoms with Crippen LogP contribution in [-0.4, -0.2) is 35.9 Å². The summed E-state index contributed by atoms with van der Waals surface area (Å²) in [4.78, 5) is 11.5. The van der Waals surface area contributed by atoms with E-state index in [0.29, 0.717) is 29.2 Å². The molecule has 0 radical (unpaired) electrons. The van der Waals surface area contributed by atoms with E-state index in [4.69, 9.17) is 9.47 Å². The molecule has 8 nitrogen and oxygen atoms in total. The average Bonchev–Trinajstić information content (AvgIpc) is 3.00. The van der Waals surface area contributed by atoms with Crippen molar-refractivity contribution >= 4 is 11.7 Å². The van der Waals surface area contributed by atoms with Crippen molar-refractivity contribution in [2.75, 3.05) is 19.0 Å². The topological polar surface area (TPSA) is 124 Å². The van der Waals surface area contributed by atoms with Gasteiger partial charge in [-0.25, -0.2) is 0 Å². The first-order chi connectivity index (χ1) is 19.9. The largest absolute Gasteiger partial charge is 0.496 e.